The lowest BCUT2D eigenvalue weighted by atomic mass is 9.89. The number of nitrogens with zero attached hydrogens (tertiary/aromatic N) is 1. The molecule has 0 atom stereocenters. The minimum Gasteiger partial charge on any atom is -0.497 e. The first-order valence-corrected chi connectivity index (χ1v) is 5.32. The van der Waals surface area contributed by atoms with Crippen LogP contribution in [0.25, 0.3) is 0 Å². The van der Waals surface area contributed by atoms with Gasteiger partial charge < -0.3 is 9.47 Å². The maximum Gasteiger partial charge on any atom is 0.309 e. The van der Waals surface area contributed by atoms with E-state index in [4.69, 9.17) is 4.74 Å². The molecule has 0 aromatic rings. The number of rotatable bonds is 3. The van der Waals surface area contributed by atoms with Gasteiger partial charge in [0.25, 0.3) is 0 Å². The van der Waals surface area contributed by atoms with Gasteiger partial charge in [-0.1, -0.05) is 0 Å². The van der Waals surface area contributed by atoms with E-state index in [0.717, 1.165) is 28.7 Å². The lowest BCUT2D eigenvalue weighted by molar-refractivity contribution is -0.139. The Labute approximate surface area is 100 Å². The van der Waals surface area contributed by atoms with Gasteiger partial charge >= 0.3 is 5.97 Å². The number of hydrogen-bond acceptors (Lipinski definition) is 4. The van der Waals surface area contributed by atoms with Crippen molar-refractivity contribution in [1.29, 1.82) is 0 Å². The van der Waals surface area contributed by atoms with Crippen LogP contribution in [0.15, 0.2) is 40.2 Å². The molecule has 1 radical (unpaired) electrons. The molecule has 0 saturated heterocycles. The van der Waals surface area contributed by atoms with Crippen LogP contribution >= 0.6 is 0 Å². The highest BCUT2D eigenvalue weighted by Gasteiger charge is 2.29. The molecule has 2 aliphatic rings. The van der Waals surface area contributed by atoms with E-state index < -0.39 is 0 Å². The number of aliphatic imine (C=N–C) groups is 1. The van der Waals surface area contributed by atoms with Crippen LogP contribution in [-0.4, -0.2) is 25.9 Å². The van der Waals surface area contributed by atoms with Crippen molar-refractivity contribution in [3.8, 4) is 0 Å². The van der Waals surface area contributed by atoms with Gasteiger partial charge in [0, 0.05) is 5.70 Å². The number of hydrogen-bond donors (Lipinski definition) is 0. The monoisotopic (exact) mass is 232 g/mol. The third-order valence-corrected chi connectivity index (χ3v) is 2.80. The Balaban J connectivity index is 2.25. The molecule has 1 aliphatic heterocycles. The van der Waals surface area contributed by atoms with Gasteiger partial charge in [0.05, 0.1) is 32.3 Å². The van der Waals surface area contributed by atoms with E-state index >= 15 is 0 Å². The molecular weight excluding hydrogens is 218 g/mol. The number of carbonyl (C=O) groups is 1. The smallest absolute Gasteiger partial charge is 0.309 e. The largest absolute Gasteiger partial charge is 0.497 e. The van der Waals surface area contributed by atoms with Crippen LogP contribution in [0.4, 0.5) is 0 Å². The molecule has 0 unspecified atom stereocenters. The van der Waals surface area contributed by atoms with Crippen molar-refractivity contribution in [1.82, 2.24) is 0 Å². The molecule has 0 bridgehead atoms. The fourth-order valence-corrected chi connectivity index (χ4v) is 1.86. The van der Waals surface area contributed by atoms with Crippen LogP contribution in [0, 0.1) is 5.92 Å². The molecule has 0 aromatic heterocycles. The zero-order valence-corrected chi connectivity index (χ0v) is 10.1. The summed E-state index contributed by atoms with van der Waals surface area (Å²) < 4.78 is 9.86. The Hall–Kier alpha value is -1.84. The van der Waals surface area contributed by atoms with Gasteiger partial charge in [-0.2, -0.15) is 0 Å². The van der Waals surface area contributed by atoms with E-state index in [2.05, 4.69) is 9.73 Å². The van der Waals surface area contributed by atoms with Crippen molar-refractivity contribution in [2.75, 3.05) is 14.2 Å². The Morgan fingerprint density at radius 2 is 2.12 bits per heavy atom. The van der Waals surface area contributed by atoms with Crippen molar-refractivity contribution in [2.24, 2.45) is 4.99 Å². The van der Waals surface area contributed by atoms with E-state index in [1.54, 1.807) is 7.11 Å². The number of ether oxygens (including phenoxy) is 2. The van der Waals surface area contributed by atoms with Gasteiger partial charge in [0.1, 0.15) is 5.76 Å². The van der Waals surface area contributed by atoms with E-state index in [1.165, 1.54) is 7.11 Å². The molecule has 0 amide bonds. The summed E-state index contributed by atoms with van der Waals surface area (Å²) in [4.78, 5) is 15.8. The molecule has 0 saturated carbocycles. The van der Waals surface area contributed by atoms with Crippen molar-refractivity contribution in [3.63, 3.8) is 0 Å². The van der Waals surface area contributed by atoms with Crippen molar-refractivity contribution < 1.29 is 14.3 Å². The summed E-state index contributed by atoms with van der Waals surface area (Å²) in [6.07, 6.45) is 5.89. The first kappa shape index (κ1) is 11.6. The SMILES string of the molecule is COC(=O)CC1=C(C)N=C2C=CC(OC)=C[C]21. The van der Waals surface area contributed by atoms with Crippen LogP contribution in [0.2, 0.25) is 0 Å². The molecule has 0 aromatic carbocycles. The van der Waals surface area contributed by atoms with E-state index in [0.29, 0.717) is 0 Å². The number of carbonyl (C=O) groups excluding carboxylic acids is 1. The molecule has 1 aliphatic carbocycles. The summed E-state index contributed by atoms with van der Waals surface area (Å²) in [5.41, 5.74) is 2.65. The van der Waals surface area contributed by atoms with E-state index in [9.17, 15) is 4.79 Å². The normalized spacial score (nSPS) is 18.8. The molecule has 4 heteroatoms. The highest BCUT2D eigenvalue weighted by atomic mass is 16.5. The van der Waals surface area contributed by atoms with Crippen molar-refractivity contribution >= 4 is 11.7 Å². The van der Waals surface area contributed by atoms with Crippen LogP contribution in [0.5, 0.6) is 0 Å². The third-order valence-electron chi connectivity index (χ3n) is 2.80. The summed E-state index contributed by atoms with van der Waals surface area (Å²) in [5, 5.41) is 0. The highest BCUT2D eigenvalue weighted by molar-refractivity contribution is 6.14. The van der Waals surface area contributed by atoms with Gasteiger partial charge in [-0.3, -0.25) is 9.79 Å². The second kappa shape index (κ2) is 4.57. The summed E-state index contributed by atoms with van der Waals surface area (Å²) in [5.74, 6) is 1.45. The Morgan fingerprint density at radius 3 is 2.76 bits per heavy atom. The van der Waals surface area contributed by atoms with Crippen LogP contribution in [-0.2, 0) is 14.3 Å². The summed E-state index contributed by atoms with van der Waals surface area (Å²) in [6.45, 7) is 1.89. The molecule has 0 fully saturated rings. The second-order valence-corrected chi connectivity index (χ2v) is 3.81. The Bertz CT molecular complexity index is 469. The minimum absolute atomic E-state index is 0.242. The predicted octanol–water partition coefficient (Wildman–Crippen LogP) is 1.95. The third kappa shape index (κ3) is 2.16. The highest BCUT2D eigenvalue weighted by Crippen LogP contribution is 2.35. The van der Waals surface area contributed by atoms with E-state index in [1.807, 2.05) is 25.2 Å². The molecule has 17 heavy (non-hydrogen) atoms. The molecule has 2 rings (SSSR count). The number of methoxy groups -OCH3 is 2. The minimum atomic E-state index is -0.259. The maximum absolute atomic E-state index is 11.3. The summed E-state index contributed by atoms with van der Waals surface area (Å²) in [6, 6.07) is 0. The van der Waals surface area contributed by atoms with Crippen LogP contribution < -0.4 is 0 Å². The second-order valence-electron chi connectivity index (χ2n) is 3.81. The lowest BCUT2D eigenvalue weighted by Crippen LogP contribution is -2.13. The molecule has 4 nitrogen and oxygen atoms in total. The fourth-order valence-electron chi connectivity index (χ4n) is 1.86. The standard InChI is InChI=1S/C13H14NO3/c1-8-10(7-13(15)17-3)11-6-9(16-2)4-5-12(11)14-8/h4-6H,7H2,1-3H3. The van der Waals surface area contributed by atoms with Crippen LogP contribution in [0.3, 0.4) is 0 Å². The first-order valence-electron chi connectivity index (χ1n) is 5.32. The quantitative estimate of drug-likeness (QED) is 0.699. The lowest BCUT2D eigenvalue weighted by Gasteiger charge is -2.15. The Kier molecular flexibility index (Phi) is 3.13. The maximum atomic E-state index is 11.3. The number of esters is 1. The zero-order valence-electron chi connectivity index (χ0n) is 10.1. The molecule has 1 heterocycles. The molecule has 0 N–H and O–H groups in total. The molecule has 0 spiro atoms. The van der Waals surface area contributed by atoms with Gasteiger partial charge in [-0.25, -0.2) is 0 Å². The Morgan fingerprint density at radius 1 is 1.35 bits per heavy atom. The van der Waals surface area contributed by atoms with Gasteiger partial charge in [-0.15, -0.1) is 0 Å². The zero-order chi connectivity index (χ0) is 12.4. The molecular formula is C13H14NO3. The predicted molar refractivity (Wildman–Crippen MR) is 64.2 cm³/mol. The van der Waals surface area contributed by atoms with Gasteiger partial charge in [0.15, 0.2) is 0 Å². The average molecular weight is 232 g/mol. The van der Waals surface area contributed by atoms with Crippen molar-refractivity contribution in [2.45, 2.75) is 13.3 Å². The van der Waals surface area contributed by atoms with Crippen LogP contribution in [0.1, 0.15) is 13.3 Å². The van der Waals surface area contributed by atoms with E-state index in [-0.39, 0.29) is 12.4 Å². The average Bonchev–Trinajstić information content (AvgIpc) is 2.65. The van der Waals surface area contributed by atoms with Crippen molar-refractivity contribution in [3.05, 3.63) is 41.2 Å². The first-order chi connectivity index (χ1) is 8.15. The number of fused-ring (bicyclic) bond motifs is 1. The summed E-state index contributed by atoms with van der Waals surface area (Å²) in [7, 11) is 3.00. The van der Waals surface area contributed by atoms with Gasteiger partial charge in [0.2, 0.25) is 0 Å². The van der Waals surface area contributed by atoms with Gasteiger partial charge in [-0.05, 0) is 30.7 Å². The molecule has 89 valence electrons. The summed E-state index contributed by atoms with van der Waals surface area (Å²) >= 11 is 0. The number of allylic oxidation sites excluding steroid dienone is 4. The fraction of sp³-hybridized carbons (Fsp3) is 0.308. The topological polar surface area (TPSA) is 47.9 Å².